The molecular formula is C16H25Cl2F3N2. The van der Waals surface area contributed by atoms with Crippen LogP contribution in [0.15, 0.2) is 24.3 Å². The molecular weight excluding hydrogens is 348 g/mol. The second-order valence-corrected chi connectivity index (χ2v) is 5.56. The molecule has 0 radical (unpaired) electrons. The molecule has 7 heteroatoms. The van der Waals surface area contributed by atoms with Crippen LogP contribution in [0.1, 0.15) is 43.4 Å². The molecule has 134 valence electrons. The Hall–Kier alpha value is -0.490. The van der Waals surface area contributed by atoms with Crippen molar-refractivity contribution in [3.05, 3.63) is 35.4 Å². The molecule has 1 aromatic rings. The molecule has 1 saturated heterocycles. The number of hydrogen-bond donors (Lipinski definition) is 1. The van der Waals surface area contributed by atoms with Gasteiger partial charge in [-0.25, -0.2) is 0 Å². The molecule has 2 nitrogen and oxygen atoms in total. The van der Waals surface area contributed by atoms with Gasteiger partial charge in [0.15, 0.2) is 0 Å². The van der Waals surface area contributed by atoms with Crippen molar-refractivity contribution in [3.8, 4) is 0 Å². The Balaban J connectivity index is 0.00000242. The summed E-state index contributed by atoms with van der Waals surface area (Å²) < 4.78 is 38.0. The van der Waals surface area contributed by atoms with Gasteiger partial charge in [-0.05, 0) is 24.1 Å². The molecule has 1 fully saturated rings. The van der Waals surface area contributed by atoms with E-state index in [1.165, 1.54) is 12.1 Å². The van der Waals surface area contributed by atoms with Crippen LogP contribution in [-0.2, 0) is 6.18 Å². The Morgan fingerprint density at radius 1 is 1.09 bits per heavy atom. The highest BCUT2D eigenvalue weighted by molar-refractivity contribution is 5.85. The molecule has 0 saturated carbocycles. The van der Waals surface area contributed by atoms with Crippen molar-refractivity contribution < 1.29 is 13.2 Å². The molecule has 0 unspecified atom stereocenters. The van der Waals surface area contributed by atoms with E-state index in [9.17, 15) is 13.2 Å². The summed E-state index contributed by atoms with van der Waals surface area (Å²) in [6, 6.07) is 5.93. The van der Waals surface area contributed by atoms with E-state index in [0.29, 0.717) is 0 Å². The van der Waals surface area contributed by atoms with Crippen LogP contribution >= 0.6 is 24.8 Å². The number of rotatable bonds is 5. The predicted molar refractivity (Wildman–Crippen MR) is 92.6 cm³/mol. The van der Waals surface area contributed by atoms with E-state index in [4.69, 9.17) is 0 Å². The van der Waals surface area contributed by atoms with Crippen LogP contribution in [0.4, 0.5) is 13.2 Å². The van der Waals surface area contributed by atoms with E-state index >= 15 is 0 Å². The minimum absolute atomic E-state index is 0. The van der Waals surface area contributed by atoms with Crippen molar-refractivity contribution >= 4 is 24.8 Å². The first-order valence-corrected chi connectivity index (χ1v) is 7.64. The van der Waals surface area contributed by atoms with Gasteiger partial charge in [-0.3, -0.25) is 4.90 Å². The van der Waals surface area contributed by atoms with Crippen LogP contribution in [0.2, 0.25) is 0 Å². The molecule has 23 heavy (non-hydrogen) atoms. The minimum Gasteiger partial charge on any atom is -0.314 e. The zero-order valence-electron chi connectivity index (χ0n) is 13.2. The van der Waals surface area contributed by atoms with Gasteiger partial charge in [-0.15, -0.1) is 24.8 Å². The molecule has 0 spiro atoms. The molecule has 0 aromatic heterocycles. The van der Waals surface area contributed by atoms with E-state index in [1.807, 2.05) is 0 Å². The quantitative estimate of drug-likeness (QED) is 0.806. The number of alkyl halides is 3. The van der Waals surface area contributed by atoms with Gasteiger partial charge in [0.1, 0.15) is 0 Å². The number of unbranched alkanes of at least 4 members (excludes halogenated alkanes) is 1. The number of piperazine rings is 1. The maximum atomic E-state index is 12.7. The number of halogens is 5. The van der Waals surface area contributed by atoms with Crippen molar-refractivity contribution in [3.63, 3.8) is 0 Å². The predicted octanol–water partition coefficient (Wildman–Crippen LogP) is 4.69. The van der Waals surface area contributed by atoms with E-state index < -0.39 is 11.7 Å². The van der Waals surface area contributed by atoms with Crippen LogP contribution in [0.5, 0.6) is 0 Å². The van der Waals surface area contributed by atoms with Crippen molar-refractivity contribution in [1.82, 2.24) is 10.2 Å². The summed E-state index contributed by atoms with van der Waals surface area (Å²) in [7, 11) is 0. The first-order valence-electron chi connectivity index (χ1n) is 7.64. The fourth-order valence-electron chi connectivity index (χ4n) is 2.85. The summed E-state index contributed by atoms with van der Waals surface area (Å²) in [5.41, 5.74) is 0.430. The highest BCUT2D eigenvalue weighted by Crippen LogP contribution is 2.32. The van der Waals surface area contributed by atoms with Crippen molar-refractivity contribution in [2.45, 2.75) is 38.4 Å². The van der Waals surface area contributed by atoms with E-state index in [2.05, 4.69) is 17.1 Å². The Bertz CT molecular complexity index is 432. The SMILES string of the molecule is CCCC[C@H](c1ccc(C(F)(F)F)cc1)N1CCNCC1.Cl.Cl. The van der Waals surface area contributed by atoms with Crippen LogP contribution in [0.3, 0.4) is 0 Å². The average molecular weight is 373 g/mol. The lowest BCUT2D eigenvalue weighted by atomic mass is 9.97. The van der Waals surface area contributed by atoms with Gasteiger partial charge in [0.25, 0.3) is 0 Å². The van der Waals surface area contributed by atoms with Gasteiger partial charge in [0, 0.05) is 32.2 Å². The highest BCUT2D eigenvalue weighted by atomic mass is 35.5. The monoisotopic (exact) mass is 372 g/mol. The first kappa shape index (κ1) is 22.5. The molecule has 1 aliphatic heterocycles. The Labute approximate surface area is 148 Å². The zero-order chi connectivity index (χ0) is 15.3. The van der Waals surface area contributed by atoms with Gasteiger partial charge >= 0.3 is 6.18 Å². The Morgan fingerprint density at radius 3 is 2.13 bits per heavy atom. The number of nitrogens with one attached hydrogen (secondary N) is 1. The summed E-state index contributed by atoms with van der Waals surface area (Å²) >= 11 is 0. The molecule has 1 aliphatic rings. The highest BCUT2D eigenvalue weighted by Gasteiger charge is 2.30. The summed E-state index contributed by atoms with van der Waals surface area (Å²) in [4.78, 5) is 2.38. The second-order valence-electron chi connectivity index (χ2n) is 5.56. The van der Waals surface area contributed by atoms with Gasteiger partial charge in [0.05, 0.1) is 5.56 Å². The Morgan fingerprint density at radius 2 is 1.65 bits per heavy atom. The van der Waals surface area contributed by atoms with E-state index in [-0.39, 0.29) is 30.9 Å². The molecule has 1 N–H and O–H groups in total. The third-order valence-electron chi connectivity index (χ3n) is 4.05. The van der Waals surface area contributed by atoms with Gasteiger partial charge in [-0.2, -0.15) is 13.2 Å². The average Bonchev–Trinajstić information content (AvgIpc) is 2.48. The van der Waals surface area contributed by atoms with Crippen LogP contribution in [0.25, 0.3) is 0 Å². The summed E-state index contributed by atoms with van der Waals surface area (Å²) in [6.45, 7) is 5.94. The molecule has 1 aromatic carbocycles. The normalized spacial score (nSPS) is 17.0. The number of benzene rings is 1. The van der Waals surface area contributed by atoms with Crippen molar-refractivity contribution in [2.24, 2.45) is 0 Å². The summed E-state index contributed by atoms with van der Waals surface area (Å²) in [6.07, 6.45) is -1.06. The molecule has 0 amide bonds. The molecule has 0 bridgehead atoms. The van der Waals surface area contributed by atoms with Gasteiger partial charge in [0.2, 0.25) is 0 Å². The molecule has 0 aliphatic carbocycles. The van der Waals surface area contributed by atoms with Crippen molar-refractivity contribution in [2.75, 3.05) is 26.2 Å². The van der Waals surface area contributed by atoms with Crippen molar-refractivity contribution in [1.29, 1.82) is 0 Å². The maximum Gasteiger partial charge on any atom is 0.416 e. The van der Waals surface area contributed by atoms with Gasteiger partial charge < -0.3 is 5.32 Å². The Kier molecular flexibility index (Phi) is 10.2. The third kappa shape index (κ3) is 6.49. The second kappa shape index (κ2) is 10.4. The fraction of sp³-hybridized carbons (Fsp3) is 0.625. The fourth-order valence-corrected chi connectivity index (χ4v) is 2.85. The van der Waals surface area contributed by atoms with E-state index in [1.54, 1.807) is 12.1 Å². The largest absolute Gasteiger partial charge is 0.416 e. The summed E-state index contributed by atoms with van der Waals surface area (Å²) in [5, 5.41) is 3.32. The standard InChI is InChI=1S/C16H23F3N2.2ClH/c1-2-3-4-15(21-11-9-20-10-12-21)13-5-7-14(8-6-13)16(17,18)19;;/h5-8,15,20H,2-4,9-12H2,1H3;2*1H/t15-;;/m1../s1. The minimum atomic E-state index is -4.26. The van der Waals surface area contributed by atoms with Crippen LogP contribution < -0.4 is 5.32 Å². The van der Waals surface area contributed by atoms with E-state index in [0.717, 1.165) is 51.0 Å². The lowest BCUT2D eigenvalue weighted by molar-refractivity contribution is -0.137. The molecule has 1 heterocycles. The van der Waals surface area contributed by atoms with Crippen LogP contribution in [0, 0.1) is 0 Å². The third-order valence-corrected chi connectivity index (χ3v) is 4.05. The number of hydrogen-bond acceptors (Lipinski definition) is 2. The maximum absolute atomic E-state index is 12.7. The topological polar surface area (TPSA) is 15.3 Å². The first-order chi connectivity index (χ1) is 10.0. The summed E-state index contributed by atoms with van der Waals surface area (Å²) in [5.74, 6) is 0. The van der Waals surface area contributed by atoms with Crippen LogP contribution in [-0.4, -0.2) is 31.1 Å². The number of nitrogens with zero attached hydrogens (tertiary/aromatic N) is 1. The lowest BCUT2D eigenvalue weighted by Gasteiger charge is -2.35. The molecule has 1 atom stereocenters. The van der Waals surface area contributed by atoms with Gasteiger partial charge in [-0.1, -0.05) is 31.9 Å². The smallest absolute Gasteiger partial charge is 0.314 e. The lowest BCUT2D eigenvalue weighted by Crippen LogP contribution is -2.45. The zero-order valence-corrected chi connectivity index (χ0v) is 14.9. The molecule has 2 rings (SSSR count).